The molecule has 8 heteroatoms. The number of ether oxygens (including phenoxy) is 1. The molecule has 0 bridgehead atoms. The maximum atomic E-state index is 13.1. The van der Waals surface area contributed by atoms with E-state index in [-0.39, 0.29) is 30.9 Å². The lowest BCUT2D eigenvalue weighted by Crippen LogP contribution is -2.64. The normalized spacial score (nSPS) is 26.9. The number of sulfonamides is 1. The molecule has 1 aromatic rings. The van der Waals surface area contributed by atoms with Crippen LogP contribution >= 0.6 is 0 Å². The molecule has 0 aliphatic carbocycles. The van der Waals surface area contributed by atoms with Crippen LogP contribution in [0.15, 0.2) is 24.3 Å². The Hall–Kier alpha value is -1.51. The van der Waals surface area contributed by atoms with Crippen LogP contribution in [0.3, 0.4) is 0 Å². The number of rotatable bonds is 5. The van der Waals surface area contributed by atoms with Crippen molar-refractivity contribution in [2.75, 3.05) is 26.2 Å². The molecule has 2 fully saturated rings. The Balaban J connectivity index is 1.82. The molecule has 1 aromatic carbocycles. The van der Waals surface area contributed by atoms with Crippen molar-refractivity contribution in [2.45, 2.75) is 38.0 Å². The number of hydrogen-bond acceptors (Lipinski definition) is 5. The Kier molecular flexibility index (Phi) is 5.64. The van der Waals surface area contributed by atoms with Gasteiger partial charge in [0.05, 0.1) is 17.8 Å². The Labute approximate surface area is 153 Å². The van der Waals surface area contributed by atoms with Gasteiger partial charge in [-0.05, 0) is 50.4 Å². The number of nitrogens with zero attached hydrogens (tertiary/aromatic N) is 1. The highest BCUT2D eigenvalue weighted by Crippen LogP contribution is 2.40. The molecule has 144 valence electrons. The fourth-order valence-corrected chi connectivity index (χ4v) is 5.59. The van der Waals surface area contributed by atoms with Gasteiger partial charge >= 0.3 is 5.97 Å². The number of carbonyl (C=O) groups excluding carboxylic acids is 1. The second-order valence-electron chi connectivity index (χ2n) is 6.99. The highest BCUT2D eigenvalue weighted by molar-refractivity contribution is 7.88. The van der Waals surface area contributed by atoms with Gasteiger partial charge in [0.15, 0.2) is 0 Å². The van der Waals surface area contributed by atoms with E-state index < -0.39 is 21.3 Å². The van der Waals surface area contributed by atoms with Crippen LogP contribution in [0.2, 0.25) is 0 Å². The zero-order valence-electron chi connectivity index (χ0n) is 14.9. The molecule has 0 spiro atoms. The van der Waals surface area contributed by atoms with Crippen molar-refractivity contribution in [3.63, 3.8) is 0 Å². The fourth-order valence-electron chi connectivity index (χ4n) is 3.99. The highest BCUT2D eigenvalue weighted by Gasteiger charge is 2.53. The maximum Gasteiger partial charge on any atom is 0.315 e. The Morgan fingerprint density at radius 2 is 2.12 bits per heavy atom. The average molecular weight is 384 g/mol. The van der Waals surface area contributed by atoms with Gasteiger partial charge in [-0.2, -0.15) is 0 Å². The largest absolute Gasteiger partial charge is 0.465 e. The number of esters is 1. The van der Waals surface area contributed by atoms with E-state index in [2.05, 4.69) is 5.32 Å². The van der Waals surface area contributed by atoms with Gasteiger partial charge in [0, 0.05) is 19.1 Å². The minimum atomic E-state index is -3.61. The van der Waals surface area contributed by atoms with Crippen molar-refractivity contribution in [1.82, 2.24) is 9.62 Å². The molecule has 3 rings (SSSR count). The smallest absolute Gasteiger partial charge is 0.315 e. The first kappa shape index (κ1) is 19.3. The summed E-state index contributed by atoms with van der Waals surface area (Å²) in [6.07, 6.45) is 1.99. The zero-order valence-corrected chi connectivity index (χ0v) is 15.7. The lowest BCUT2D eigenvalue weighted by molar-refractivity contribution is -0.162. The molecule has 2 saturated heterocycles. The van der Waals surface area contributed by atoms with Crippen LogP contribution in [0.25, 0.3) is 0 Å². The molecule has 6 nitrogen and oxygen atoms in total. The molecular weight excluding hydrogens is 359 g/mol. The summed E-state index contributed by atoms with van der Waals surface area (Å²) in [7, 11) is -3.61. The van der Waals surface area contributed by atoms with E-state index in [0.717, 1.165) is 13.0 Å². The summed E-state index contributed by atoms with van der Waals surface area (Å²) in [5.74, 6) is -0.926. The number of piperidine rings is 2. The first-order valence-corrected chi connectivity index (χ1v) is 10.6. The fraction of sp³-hybridized carbons (Fsp3) is 0.611. The minimum absolute atomic E-state index is 0.0624. The predicted octanol–water partition coefficient (Wildman–Crippen LogP) is 1.66. The molecule has 1 N–H and O–H groups in total. The third-order valence-electron chi connectivity index (χ3n) is 5.32. The van der Waals surface area contributed by atoms with Crippen LogP contribution in [0.1, 0.15) is 31.7 Å². The predicted molar refractivity (Wildman–Crippen MR) is 95.3 cm³/mol. The van der Waals surface area contributed by atoms with Gasteiger partial charge in [0.2, 0.25) is 10.0 Å². The van der Waals surface area contributed by atoms with Gasteiger partial charge in [-0.1, -0.05) is 12.1 Å². The van der Waals surface area contributed by atoms with Crippen LogP contribution in [0.5, 0.6) is 0 Å². The van der Waals surface area contributed by atoms with Crippen molar-refractivity contribution in [3.8, 4) is 0 Å². The van der Waals surface area contributed by atoms with Crippen molar-refractivity contribution in [3.05, 3.63) is 35.6 Å². The van der Waals surface area contributed by atoms with E-state index in [4.69, 9.17) is 4.74 Å². The molecule has 0 aromatic heterocycles. The van der Waals surface area contributed by atoms with Crippen molar-refractivity contribution in [1.29, 1.82) is 0 Å². The van der Waals surface area contributed by atoms with Gasteiger partial charge in [-0.3, -0.25) is 4.79 Å². The van der Waals surface area contributed by atoms with Gasteiger partial charge < -0.3 is 10.1 Å². The van der Waals surface area contributed by atoms with E-state index in [0.29, 0.717) is 24.9 Å². The summed E-state index contributed by atoms with van der Waals surface area (Å²) < 4.78 is 45.5. The van der Waals surface area contributed by atoms with Gasteiger partial charge in [0.1, 0.15) is 5.82 Å². The molecular formula is C18H25FN2O4S. The monoisotopic (exact) mass is 384 g/mol. The minimum Gasteiger partial charge on any atom is -0.465 e. The summed E-state index contributed by atoms with van der Waals surface area (Å²) in [4.78, 5) is 12.7. The Morgan fingerprint density at radius 3 is 2.81 bits per heavy atom. The summed E-state index contributed by atoms with van der Waals surface area (Å²) >= 11 is 0. The number of carbonyl (C=O) groups is 1. The first-order chi connectivity index (χ1) is 12.4. The number of nitrogens with one attached hydrogen (secondary N) is 1. The SMILES string of the molecule is CCOC(=O)[C@]12CCCN[C@@H]1CCN(S(=O)(=O)Cc1ccc(F)cc1)C2. The first-order valence-electron chi connectivity index (χ1n) is 9.00. The van der Waals surface area contributed by atoms with Gasteiger partial charge in [0.25, 0.3) is 0 Å². The van der Waals surface area contributed by atoms with Crippen LogP contribution in [-0.2, 0) is 25.3 Å². The summed E-state index contributed by atoms with van der Waals surface area (Å²) in [5.41, 5.74) is -0.303. The molecule has 2 atom stereocenters. The van der Waals surface area contributed by atoms with Gasteiger partial charge in [-0.25, -0.2) is 17.1 Å². The Bertz CT molecular complexity index is 753. The molecule has 0 saturated carbocycles. The molecule has 0 radical (unpaired) electrons. The van der Waals surface area contributed by atoms with Crippen LogP contribution in [0.4, 0.5) is 4.39 Å². The topological polar surface area (TPSA) is 75.7 Å². The number of halogens is 1. The molecule has 26 heavy (non-hydrogen) atoms. The van der Waals surface area contributed by atoms with Crippen LogP contribution in [-0.4, -0.2) is 51.0 Å². The maximum absolute atomic E-state index is 13.1. The summed E-state index contributed by atoms with van der Waals surface area (Å²) in [6.45, 7) is 3.35. The molecule has 0 amide bonds. The van der Waals surface area contributed by atoms with E-state index in [1.165, 1.54) is 28.6 Å². The third-order valence-corrected chi connectivity index (χ3v) is 7.12. The quantitative estimate of drug-likeness (QED) is 0.782. The van der Waals surface area contributed by atoms with Crippen molar-refractivity contribution < 1.29 is 22.3 Å². The number of fused-ring (bicyclic) bond motifs is 1. The second kappa shape index (κ2) is 7.62. The van der Waals surface area contributed by atoms with Crippen LogP contribution < -0.4 is 5.32 Å². The van der Waals surface area contributed by atoms with E-state index in [1.54, 1.807) is 6.92 Å². The van der Waals surface area contributed by atoms with E-state index in [1.807, 2.05) is 0 Å². The average Bonchev–Trinajstić information content (AvgIpc) is 2.63. The molecule has 2 aliphatic rings. The zero-order chi connectivity index (χ0) is 18.8. The summed E-state index contributed by atoms with van der Waals surface area (Å²) in [5, 5.41) is 3.37. The number of hydrogen-bond donors (Lipinski definition) is 1. The second-order valence-corrected chi connectivity index (χ2v) is 8.96. The van der Waals surface area contributed by atoms with Crippen LogP contribution in [0, 0.1) is 11.2 Å². The van der Waals surface area contributed by atoms with E-state index >= 15 is 0 Å². The Morgan fingerprint density at radius 1 is 1.38 bits per heavy atom. The molecule has 2 heterocycles. The van der Waals surface area contributed by atoms with Gasteiger partial charge in [-0.15, -0.1) is 0 Å². The molecule has 0 unspecified atom stereocenters. The standard InChI is InChI=1S/C18H25FN2O4S/c1-2-25-17(22)18-9-3-10-20-16(18)8-11-21(13-18)26(23,24)12-14-4-6-15(19)7-5-14/h4-7,16,20H,2-3,8-13H2,1H3/t16-,18+/m1/s1. The van der Waals surface area contributed by atoms with Crippen molar-refractivity contribution in [2.24, 2.45) is 5.41 Å². The molecule has 2 aliphatic heterocycles. The third kappa shape index (κ3) is 3.77. The number of benzene rings is 1. The highest BCUT2D eigenvalue weighted by atomic mass is 32.2. The lowest BCUT2D eigenvalue weighted by atomic mass is 9.71. The van der Waals surface area contributed by atoms with Crippen molar-refractivity contribution >= 4 is 16.0 Å². The van der Waals surface area contributed by atoms with E-state index in [9.17, 15) is 17.6 Å². The summed E-state index contributed by atoms with van der Waals surface area (Å²) in [6, 6.07) is 5.39. The lowest BCUT2D eigenvalue weighted by Gasteiger charge is -2.48.